The summed E-state index contributed by atoms with van der Waals surface area (Å²) in [6, 6.07) is 16.0. The molecule has 2 aromatic rings. The van der Waals surface area contributed by atoms with E-state index in [9.17, 15) is 5.26 Å². The highest BCUT2D eigenvalue weighted by atomic mass is 16.5. The Bertz CT molecular complexity index is 681. The largest absolute Gasteiger partial charge is 0.493 e. The number of nitrogens with zero attached hydrogens (tertiary/aromatic N) is 1. The fraction of sp³-hybridized carbons (Fsp3) is 0.316. The minimum Gasteiger partial charge on any atom is -0.493 e. The van der Waals surface area contributed by atoms with Crippen LogP contribution in [0.25, 0.3) is 0 Å². The smallest absolute Gasteiger partial charge is 0.203 e. The van der Waals surface area contributed by atoms with Crippen molar-refractivity contribution in [2.45, 2.75) is 18.8 Å². The van der Waals surface area contributed by atoms with Gasteiger partial charge in [-0.05, 0) is 36.6 Å². The van der Waals surface area contributed by atoms with Crippen molar-refractivity contribution >= 4 is 0 Å². The van der Waals surface area contributed by atoms with Crippen molar-refractivity contribution < 1.29 is 14.2 Å². The molecular formula is C19H21NO3. The lowest BCUT2D eigenvalue weighted by Gasteiger charge is -2.23. The first-order valence-electron chi connectivity index (χ1n) is 7.33. The van der Waals surface area contributed by atoms with Crippen LogP contribution >= 0.6 is 0 Å². The predicted octanol–water partition coefficient (Wildman–Crippen LogP) is 3.74. The van der Waals surface area contributed by atoms with Crippen LogP contribution in [-0.4, -0.2) is 21.3 Å². The second-order valence-electron chi connectivity index (χ2n) is 5.52. The van der Waals surface area contributed by atoms with Crippen molar-refractivity contribution in [1.29, 1.82) is 5.26 Å². The van der Waals surface area contributed by atoms with Crippen LogP contribution < -0.4 is 14.2 Å². The quantitative estimate of drug-likeness (QED) is 0.815. The fourth-order valence-corrected chi connectivity index (χ4v) is 2.66. The second kappa shape index (κ2) is 7.06. The normalized spacial score (nSPS) is 12.8. The molecule has 4 heteroatoms. The zero-order chi connectivity index (χ0) is 16.9. The fourth-order valence-electron chi connectivity index (χ4n) is 2.66. The molecule has 0 radical (unpaired) electrons. The lowest BCUT2D eigenvalue weighted by molar-refractivity contribution is 0.323. The molecule has 0 bridgehead atoms. The standard InChI is InChI=1S/C19H21NO3/c1-19(13-20,15-8-6-5-7-9-15)12-14-10-16(21-2)18(23-4)17(11-14)22-3/h5-11H,12H2,1-4H3. The van der Waals surface area contributed by atoms with Gasteiger partial charge >= 0.3 is 0 Å². The van der Waals surface area contributed by atoms with Crippen LogP contribution in [0.3, 0.4) is 0 Å². The minimum atomic E-state index is -0.633. The molecule has 0 saturated heterocycles. The Labute approximate surface area is 137 Å². The molecule has 1 atom stereocenters. The van der Waals surface area contributed by atoms with Gasteiger partial charge in [-0.15, -0.1) is 0 Å². The van der Waals surface area contributed by atoms with Crippen LogP contribution in [-0.2, 0) is 11.8 Å². The third kappa shape index (κ3) is 3.40. The first-order valence-corrected chi connectivity index (χ1v) is 7.33. The van der Waals surface area contributed by atoms with Gasteiger partial charge in [0.05, 0.1) is 32.8 Å². The van der Waals surface area contributed by atoms with Crippen molar-refractivity contribution in [2.24, 2.45) is 0 Å². The summed E-state index contributed by atoms with van der Waals surface area (Å²) in [6.45, 7) is 1.94. The van der Waals surface area contributed by atoms with Crippen LogP contribution in [0.15, 0.2) is 42.5 Å². The van der Waals surface area contributed by atoms with E-state index < -0.39 is 5.41 Å². The summed E-state index contributed by atoms with van der Waals surface area (Å²) in [5, 5.41) is 9.72. The third-order valence-corrected chi connectivity index (χ3v) is 3.94. The van der Waals surface area contributed by atoms with Crippen LogP contribution in [0.1, 0.15) is 18.1 Å². The summed E-state index contributed by atoms with van der Waals surface area (Å²) in [5.41, 5.74) is 1.30. The Balaban J connectivity index is 2.44. The molecule has 2 aromatic carbocycles. The lowest BCUT2D eigenvalue weighted by atomic mass is 9.78. The number of ether oxygens (including phenoxy) is 3. The molecule has 0 heterocycles. The van der Waals surface area contributed by atoms with Gasteiger partial charge in [0.25, 0.3) is 0 Å². The highest BCUT2D eigenvalue weighted by molar-refractivity contribution is 5.54. The molecule has 0 aliphatic rings. The molecular weight excluding hydrogens is 290 g/mol. The van der Waals surface area contributed by atoms with E-state index in [1.807, 2.05) is 49.4 Å². The molecule has 0 spiro atoms. The molecule has 1 unspecified atom stereocenters. The molecule has 120 valence electrons. The maximum absolute atomic E-state index is 9.72. The highest BCUT2D eigenvalue weighted by Gasteiger charge is 2.28. The van der Waals surface area contributed by atoms with Crippen LogP contribution in [0, 0.1) is 11.3 Å². The number of nitriles is 1. The number of methoxy groups -OCH3 is 3. The Kier molecular flexibility index (Phi) is 5.13. The van der Waals surface area contributed by atoms with Crippen LogP contribution in [0.5, 0.6) is 17.2 Å². The maximum atomic E-state index is 9.72. The Morgan fingerprint density at radius 2 is 1.52 bits per heavy atom. The zero-order valence-electron chi connectivity index (χ0n) is 13.9. The average molecular weight is 311 g/mol. The summed E-state index contributed by atoms with van der Waals surface area (Å²) in [6.07, 6.45) is 0.546. The van der Waals surface area contributed by atoms with Gasteiger partial charge < -0.3 is 14.2 Å². The first-order chi connectivity index (χ1) is 11.1. The molecule has 0 aromatic heterocycles. The molecule has 0 N–H and O–H groups in total. The second-order valence-corrected chi connectivity index (χ2v) is 5.52. The average Bonchev–Trinajstić information content (AvgIpc) is 2.61. The molecule has 4 nitrogen and oxygen atoms in total. The van der Waals surface area contributed by atoms with E-state index in [1.54, 1.807) is 21.3 Å². The van der Waals surface area contributed by atoms with Gasteiger partial charge in [0, 0.05) is 0 Å². The summed E-state index contributed by atoms with van der Waals surface area (Å²) in [5.74, 6) is 1.74. The predicted molar refractivity (Wildman–Crippen MR) is 89.2 cm³/mol. The number of hydrogen-bond acceptors (Lipinski definition) is 4. The summed E-state index contributed by atoms with van der Waals surface area (Å²) < 4.78 is 16.1. The van der Waals surface area contributed by atoms with Gasteiger partial charge in [0.1, 0.15) is 0 Å². The van der Waals surface area contributed by atoms with Gasteiger partial charge in [0.15, 0.2) is 11.5 Å². The number of hydrogen-bond donors (Lipinski definition) is 0. The zero-order valence-corrected chi connectivity index (χ0v) is 13.9. The van der Waals surface area contributed by atoms with Crippen molar-refractivity contribution in [2.75, 3.05) is 21.3 Å². The van der Waals surface area contributed by atoms with Crippen molar-refractivity contribution in [1.82, 2.24) is 0 Å². The van der Waals surface area contributed by atoms with E-state index in [1.165, 1.54) is 0 Å². The van der Waals surface area contributed by atoms with Gasteiger partial charge in [-0.2, -0.15) is 5.26 Å². The topological polar surface area (TPSA) is 51.5 Å². The van der Waals surface area contributed by atoms with Gasteiger partial charge in [-0.3, -0.25) is 0 Å². The van der Waals surface area contributed by atoms with E-state index in [4.69, 9.17) is 14.2 Å². The molecule has 0 fully saturated rings. The van der Waals surface area contributed by atoms with E-state index >= 15 is 0 Å². The van der Waals surface area contributed by atoms with Crippen molar-refractivity contribution in [3.8, 4) is 23.3 Å². The SMILES string of the molecule is COc1cc(CC(C)(C#N)c2ccccc2)cc(OC)c1OC. The highest BCUT2D eigenvalue weighted by Crippen LogP contribution is 2.40. The molecule has 0 aliphatic carbocycles. The van der Waals surface area contributed by atoms with Crippen LogP contribution in [0.4, 0.5) is 0 Å². The summed E-state index contributed by atoms with van der Waals surface area (Å²) in [7, 11) is 4.74. The lowest BCUT2D eigenvalue weighted by Crippen LogP contribution is -2.22. The number of rotatable bonds is 6. The number of benzene rings is 2. The van der Waals surface area contributed by atoms with E-state index in [2.05, 4.69) is 6.07 Å². The Morgan fingerprint density at radius 3 is 1.96 bits per heavy atom. The summed E-state index contributed by atoms with van der Waals surface area (Å²) >= 11 is 0. The van der Waals surface area contributed by atoms with E-state index in [0.29, 0.717) is 23.7 Å². The minimum absolute atomic E-state index is 0.546. The van der Waals surface area contributed by atoms with Gasteiger partial charge in [-0.25, -0.2) is 0 Å². The molecule has 23 heavy (non-hydrogen) atoms. The Hall–Kier alpha value is -2.67. The third-order valence-electron chi connectivity index (χ3n) is 3.94. The maximum Gasteiger partial charge on any atom is 0.203 e. The molecule has 0 saturated carbocycles. The van der Waals surface area contributed by atoms with Crippen molar-refractivity contribution in [3.63, 3.8) is 0 Å². The van der Waals surface area contributed by atoms with Gasteiger partial charge in [0.2, 0.25) is 5.75 Å². The summed E-state index contributed by atoms with van der Waals surface area (Å²) in [4.78, 5) is 0. The molecule has 0 amide bonds. The van der Waals surface area contributed by atoms with E-state index in [-0.39, 0.29) is 0 Å². The first kappa shape index (κ1) is 16.7. The monoisotopic (exact) mass is 311 g/mol. The molecule has 0 aliphatic heterocycles. The molecule has 2 rings (SSSR count). The van der Waals surface area contributed by atoms with Gasteiger partial charge in [-0.1, -0.05) is 30.3 Å². The van der Waals surface area contributed by atoms with Crippen molar-refractivity contribution in [3.05, 3.63) is 53.6 Å². The Morgan fingerprint density at radius 1 is 0.957 bits per heavy atom. The van der Waals surface area contributed by atoms with Crippen LogP contribution in [0.2, 0.25) is 0 Å². The van der Waals surface area contributed by atoms with E-state index in [0.717, 1.165) is 11.1 Å².